The molecule has 4 heteroatoms. The van der Waals surface area contributed by atoms with Crippen LogP contribution in [0.5, 0.6) is 0 Å². The molecule has 0 atom stereocenters. The third-order valence-electron chi connectivity index (χ3n) is 4.85. The molecule has 2 aliphatic rings. The summed E-state index contributed by atoms with van der Waals surface area (Å²) in [4.78, 5) is 14.5. The number of allylic oxidation sites excluding steroid dienone is 1. The zero-order valence-electron chi connectivity index (χ0n) is 13.7. The monoisotopic (exact) mass is 330 g/mol. The molecule has 0 saturated heterocycles. The first kappa shape index (κ1) is 16.1. The molecule has 23 heavy (non-hydrogen) atoms. The standard InChI is InChI=1S/C19H23ClN2O/c1-19(2,15-7-8-15)22-11-9-16(10-12-22)21-18(23)13-14-5-3-4-6-17(14)20/h3-6,9-11,15H,7-8,12-13H2,1-2H3,(H,21,23). The number of benzene rings is 1. The molecular weight excluding hydrogens is 308 g/mol. The molecule has 3 rings (SSSR count). The number of nitrogens with one attached hydrogen (secondary N) is 1. The Morgan fingerprint density at radius 1 is 1.35 bits per heavy atom. The van der Waals surface area contributed by atoms with Gasteiger partial charge in [0.15, 0.2) is 0 Å². The van der Waals surface area contributed by atoms with Crippen molar-refractivity contribution >= 4 is 17.5 Å². The molecule has 1 aliphatic heterocycles. The van der Waals surface area contributed by atoms with Crippen LogP contribution in [-0.4, -0.2) is 22.9 Å². The van der Waals surface area contributed by atoms with Crippen LogP contribution in [0.4, 0.5) is 0 Å². The Bertz CT molecular complexity index is 659. The lowest BCUT2D eigenvalue weighted by Crippen LogP contribution is -2.43. The van der Waals surface area contributed by atoms with Gasteiger partial charge < -0.3 is 10.2 Å². The Morgan fingerprint density at radius 3 is 2.70 bits per heavy atom. The maximum absolute atomic E-state index is 12.2. The van der Waals surface area contributed by atoms with Gasteiger partial charge in [0.1, 0.15) is 0 Å². The Balaban J connectivity index is 1.55. The van der Waals surface area contributed by atoms with Crippen LogP contribution in [0.15, 0.2) is 48.3 Å². The molecule has 1 N–H and O–H groups in total. The van der Waals surface area contributed by atoms with Crippen molar-refractivity contribution in [1.82, 2.24) is 10.2 Å². The number of rotatable bonds is 5. The summed E-state index contributed by atoms with van der Waals surface area (Å²) in [6.07, 6.45) is 9.10. The van der Waals surface area contributed by atoms with Crippen LogP contribution in [0.25, 0.3) is 0 Å². The van der Waals surface area contributed by atoms with E-state index in [0.717, 1.165) is 23.7 Å². The molecular formula is C19H23ClN2O. The largest absolute Gasteiger partial charge is 0.368 e. The molecule has 0 aromatic heterocycles. The molecule has 0 unspecified atom stereocenters. The summed E-state index contributed by atoms with van der Waals surface area (Å²) in [6.45, 7) is 5.43. The van der Waals surface area contributed by atoms with Crippen molar-refractivity contribution in [1.29, 1.82) is 0 Å². The van der Waals surface area contributed by atoms with Gasteiger partial charge in [-0.15, -0.1) is 0 Å². The zero-order valence-corrected chi connectivity index (χ0v) is 14.4. The van der Waals surface area contributed by atoms with E-state index < -0.39 is 0 Å². The van der Waals surface area contributed by atoms with Crippen LogP contribution in [0.2, 0.25) is 5.02 Å². The van der Waals surface area contributed by atoms with Gasteiger partial charge in [-0.2, -0.15) is 0 Å². The summed E-state index contributed by atoms with van der Waals surface area (Å²) in [6, 6.07) is 7.45. The summed E-state index contributed by atoms with van der Waals surface area (Å²) >= 11 is 6.10. The van der Waals surface area contributed by atoms with Crippen LogP contribution < -0.4 is 5.32 Å². The molecule has 3 nitrogen and oxygen atoms in total. The minimum absolute atomic E-state index is 0.0381. The van der Waals surface area contributed by atoms with Gasteiger partial charge in [0, 0.05) is 29.0 Å². The number of carbonyl (C=O) groups excluding carboxylic acids is 1. The van der Waals surface area contributed by atoms with E-state index in [1.807, 2.05) is 30.3 Å². The SMILES string of the molecule is CC(C)(C1CC1)N1C=CC(NC(=O)Cc2ccccc2Cl)=CC1. The second-order valence-corrected chi connectivity index (χ2v) is 7.28. The van der Waals surface area contributed by atoms with Gasteiger partial charge in [0.25, 0.3) is 0 Å². The molecule has 1 heterocycles. The van der Waals surface area contributed by atoms with E-state index in [1.165, 1.54) is 12.8 Å². The van der Waals surface area contributed by atoms with Crippen molar-refractivity contribution in [2.24, 2.45) is 5.92 Å². The molecule has 0 bridgehead atoms. The average molecular weight is 331 g/mol. The molecule has 1 aromatic carbocycles. The van der Waals surface area contributed by atoms with Gasteiger partial charge in [-0.25, -0.2) is 0 Å². The average Bonchev–Trinajstić information content (AvgIpc) is 3.35. The van der Waals surface area contributed by atoms with Gasteiger partial charge >= 0.3 is 0 Å². The predicted molar refractivity (Wildman–Crippen MR) is 94.0 cm³/mol. The highest BCUT2D eigenvalue weighted by atomic mass is 35.5. The first-order chi connectivity index (χ1) is 11.0. The Morgan fingerprint density at radius 2 is 2.09 bits per heavy atom. The summed E-state index contributed by atoms with van der Waals surface area (Å²) < 4.78 is 0. The fourth-order valence-corrected chi connectivity index (χ4v) is 3.26. The van der Waals surface area contributed by atoms with E-state index in [9.17, 15) is 4.79 Å². The highest BCUT2D eigenvalue weighted by Gasteiger charge is 2.41. The normalized spacial score (nSPS) is 17.9. The highest BCUT2D eigenvalue weighted by Crippen LogP contribution is 2.43. The van der Waals surface area contributed by atoms with Crippen molar-refractivity contribution in [2.45, 2.75) is 38.6 Å². The zero-order chi connectivity index (χ0) is 16.4. The third kappa shape index (κ3) is 3.78. The fourth-order valence-electron chi connectivity index (χ4n) is 3.06. The minimum atomic E-state index is -0.0381. The molecule has 1 fully saturated rings. The fraction of sp³-hybridized carbons (Fsp3) is 0.421. The van der Waals surface area contributed by atoms with Gasteiger partial charge in [-0.05, 0) is 56.4 Å². The van der Waals surface area contributed by atoms with Crippen molar-refractivity contribution < 1.29 is 4.79 Å². The van der Waals surface area contributed by atoms with Gasteiger partial charge in [-0.1, -0.05) is 29.8 Å². The Kier molecular flexibility index (Phi) is 4.49. The first-order valence-corrected chi connectivity index (χ1v) is 8.53. The summed E-state index contributed by atoms with van der Waals surface area (Å²) in [5, 5.41) is 3.59. The molecule has 0 radical (unpaired) electrons. The van der Waals surface area contributed by atoms with E-state index in [1.54, 1.807) is 0 Å². The number of carbonyl (C=O) groups is 1. The summed E-state index contributed by atoms with van der Waals surface area (Å²) in [7, 11) is 0. The molecule has 0 spiro atoms. The Hall–Kier alpha value is -1.74. The molecule has 122 valence electrons. The Labute approximate surface area is 143 Å². The molecule has 1 saturated carbocycles. The third-order valence-corrected chi connectivity index (χ3v) is 5.22. The van der Waals surface area contributed by atoms with Crippen LogP contribution in [-0.2, 0) is 11.2 Å². The van der Waals surface area contributed by atoms with Crippen molar-refractivity contribution in [3.8, 4) is 0 Å². The smallest absolute Gasteiger partial charge is 0.228 e. The van der Waals surface area contributed by atoms with Gasteiger partial charge in [0.2, 0.25) is 5.91 Å². The summed E-state index contributed by atoms with van der Waals surface area (Å²) in [5.74, 6) is 0.751. The maximum atomic E-state index is 12.2. The van der Waals surface area contributed by atoms with Crippen molar-refractivity contribution in [2.75, 3.05) is 6.54 Å². The lowest BCUT2D eigenvalue weighted by molar-refractivity contribution is -0.119. The van der Waals surface area contributed by atoms with E-state index in [-0.39, 0.29) is 11.4 Å². The van der Waals surface area contributed by atoms with Crippen LogP contribution in [0.1, 0.15) is 32.3 Å². The van der Waals surface area contributed by atoms with Crippen LogP contribution in [0.3, 0.4) is 0 Å². The number of hydrogen-bond donors (Lipinski definition) is 1. The number of amides is 1. The minimum Gasteiger partial charge on any atom is -0.368 e. The van der Waals surface area contributed by atoms with Crippen LogP contribution >= 0.6 is 11.6 Å². The number of halogens is 1. The molecule has 1 aromatic rings. The lowest BCUT2D eigenvalue weighted by Gasteiger charge is -2.39. The molecule has 1 amide bonds. The second kappa shape index (κ2) is 6.40. The number of nitrogens with zero attached hydrogens (tertiary/aromatic N) is 1. The summed E-state index contributed by atoms with van der Waals surface area (Å²) in [5.41, 5.74) is 1.91. The number of hydrogen-bond acceptors (Lipinski definition) is 2. The molecule has 1 aliphatic carbocycles. The second-order valence-electron chi connectivity index (χ2n) is 6.87. The quantitative estimate of drug-likeness (QED) is 0.888. The predicted octanol–water partition coefficient (Wildman–Crippen LogP) is 3.90. The first-order valence-electron chi connectivity index (χ1n) is 8.15. The van der Waals surface area contributed by atoms with Crippen molar-refractivity contribution in [3.05, 3.63) is 58.9 Å². The van der Waals surface area contributed by atoms with Crippen LogP contribution in [0, 0.1) is 5.92 Å². The lowest BCUT2D eigenvalue weighted by atomic mass is 9.95. The van der Waals surface area contributed by atoms with Gasteiger partial charge in [0.05, 0.1) is 6.42 Å². The van der Waals surface area contributed by atoms with E-state index in [2.05, 4.69) is 36.3 Å². The van der Waals surface area contributed by atoms with E-state index in [4.69, 9.17) is 11.6 Å². The highest BCUT2D eigenvalue weighted by molar-refractivity contribution is 6.31. The van der Waals surface area contributed by atoms with Gasteiger partial charge in [-0.3, -0.25) is 4.79 Å². The van der Waals surface area contributed by atoms with Crippen molar-refractivity contribution in [3.63, 3.8) is 0 Å². The topological polar surface area (TPSA) is 32.3 Å². The van der Waals surface area contributed by atoms with E-state index in [0.29, 0.717) is 11.4 Å². The maximum Gasteiger partial charge on any atom is 0.228 e. The van der Waals surface area contributed by atoms with E-state index >= 15 is 0 Å².